The lowest BCUT2D eigenvalue weighted by Crippen LogP contribution is -2.05. The third kappa shape index (κ3) is 5.70. The van der Waals surface area contributed by atoms with Gasteiger partial charge < -0.3 is 10.8 Å². The second kappa shape index (κ2) is 8.95. The molecule has 0 unspecified atom stereocenters. The molecule has 7 N–H and O–H groups in total. The molecule has 3 aromatic carbocycles. The molecule has 0 radical (unpaired) electrons. The number of azo groups is 1. The molecule has 3 aromatic rings. The molecule has 0 fully saturated rings. The van der Waals surface area contributed by atoms with E-state index in [0.717, 1.165) is 6.92 Å². The first-order valence-electron chi connectivity index (χ1n) is 9.18. The molecule has 0 saturated carbocycles. The number of phenolic OH excluding ortho intramolecular Hbond substituents is 1. The minimum absolute atomic E-state index is 0.330. The summed E-state index contributed by atoms with van der Waals surface area (Å²) in [6.45, 7) is 1.08. The van der Waals surface area contributed by atoms with Crippen LogP contribution in [-0.4, -0.2) is 57.0 Å². The minimum atomic E-state index is -5.26. The number of nitrogens with zero attached hydrogens (tertiary/aromatic N) is 2. The van der Waals surface area contributed by atoms with Crippen molar-refractivity contribution in [2.45, 2.75) is 26.5 Å². The van der Waals surface area contributed by atoms with Gasteiger partial charge in [-0.1, -0.05) is 0 Å². The van der Waals surface area contributed by atoms with Gasteiger partial charge in [0, 0.05) is 11.1 Å². The molecular weight excluding hydrogens is 582 g/mol. The number of fused-ring (bicyclic) bond motifs is 1. The second-order valence-electron chi connectivity index (χ2n) is 7.37. The summed E-state index contributed by atoms with van der Waals surface area (Å²) in [7, 11) is -20.1. The first-order chi connectivity index (χ1) is 16.6. The Morgan fingerprint density at radius 3 is 1.70 bits per heavy atom. The predicted molar refractivity (Wildman–Crippen MR) is 125 cm³/mol. The molecule has 0 spiro atoms. The molecule has 0 atom stereocenters. The second-order valence-corrected chi connectivity index (χ2v) is 13.0. The van der Waals surface area contributed by atoms with E-state index in [2.05, 4.69) is 10.2 Å². The maximum atomic E-state index is 12.0. The third-order valence-corrected chi connectivity index (χ3v) is 8.38. The van der Waals surface area contributed by atoms with E-state index in [-0.39, 0.29) is 5.56 Å². The zero-order valence-electron chi connectivity index (χ0n) is 18.0. The standard InChI is InChI=1S/C17H15N3O13S4/c1-7-2-13(36(28,29)30)11(6-12(7)35(25,26)27)19-20-16-14(37(31,32)33)4-8-3-9(34(22,23)24)5-10(18)15(8)17(16)21/h2-6,21H,18H2,1H3,(H,22,23,24)(H,25,26,27)(H,28,29,30)(H,31,32,33)/b20-19-. The molecule has 0 aliphatic carbocycles. The van der Waals surface area contributed by atoms with Crippen molar-refractivity contribution in [2.75, 3.05) is 5.73 Å². The first kappa shape index (κ1) is 28.3. The smallest absolute Gasteiger partial charge is 0.296 e. The number of aryl methyl sites for hydroxylation is 1. The highest BCUT2D eigenvalue weighted by Crippen LogP contribution is 2.44. The lowest BCUT2D eigenvalue weighted by molar-refractivity contribution is 0.472. The predicted octanol–water partition coefficient (Wildman–Crippen LogP) is 1.84. The number of rotatable bonds is 6. The highest BCUT2D eigenvalue weighted by molar-refractivity contribution is 7.86. The summed E-state index contributed by atoms with van der Waals surface area (Å²) in [6, 6.07) is 3.12. The van der Waals surface area contributed by atoms with Gasteiger partial charge >= 0.3 is 0 Å². The number of aromatic hydroxyl groups is 1. The van der Waals surface area contributed by atoms with Crippen LogP contribution in [0.2, 0.25) is 0 Å². The van der Waals surface area contributed by atoms with Crippen molar-refractivity contribution in [3.05, 3.63) is 35.9 Å². The van der Waals surface area contributed by atoms with Gasteiger partial charge in [0.25, 0.3) is 40.5 Å². The minimum Gasteiger partial charge on any atom is -0.505 e. The normalized spacial score (nSPS) is 13.4. The number of nitrogens with two attached hydrogens (primary N) is 1. The topological polar surface area (TPSA) is 288 Å². The van der Waals surface area contributed by atoms with Gasteiger partial charge in [-0.25, -0.2) is 0 Å². The zero-order chi connectivity index (χ0) is 28.3. The molecule has 0 aliphatic heterocycles. The van der Waals surface area contributed by atoms with Crippen molar-refractivity contribution < 1.29 is 57.0 Å². The molecule has 0 bridgehead atoms. The maximum absolute atomic E-state index is 12.0. The van der Waals surface area contributed by atoms with E-state index < -0.39 is 93.6 Å². The quantitative estimate of drug-likeness (QED) is 0.134. The molecule has 3 rings (SSSR count). The number of hydrogen-bond donors (Lipinski definition) is 6. The summed E-state index contributed by atoms with van der Waals surface area (Å²) in [5.74, 6) is -1.11. The van der Waals surface area contributed by atoms with Crippen molar-refractivity contribution >= 4 is 68.3 Å². The highest BCUT2D eigenvalue weighted by atomic mass is 32.2. The van der Waals surface area contributed by atoms with E-state index in [1.54, 1.807) is 0 Å². The van der Waals surface area contributed by atoms with Crippen LogP contribution < -0.4 is 5.73 Å². The van der Waals surface area contributed by atoms with Crippen LogP contribution >= 0.6 is 0 Å². The molecule has 37 heavy (non-hydrogen) atoms. The number of benzene rings is 3. The fraction of sp³-hybridized carbons (Fsp3) is 0.0588. The summed E-state index contributed by atoms with van der Waals surface area (Å²) in [5, 5.41) is 16.6. The van der Waals surface area contributed by atoms with Gasteiger partial charge in [-0.15, -0.1) is 10.2 Å². The molecule has 0 aliphatic rings. The van der Waals surface area contributed by atoms with Gasteiger partial charge in [-0.2, -0.15) is 33.7 Å². The Morgan fingerprint density at radius 2 is 1.22 bits per heavy atom. The molecule has 20 heteroatoms. The van der Waals surface area contributed by atoms with Gasteiger partial charge in [0.05, 0.1) is 9.79 Å². The molecule has 16 nitrogen and oxygen atoms in total. The van der Waals surface area contributed by atoms with Crippen molar-refractivity contribution in [1.29, 1.82) is 0 Å². The van der Waals surface area contributed by atoms with Gasteiger partial charge in [-0.05, 0) is 48.2 Å². The van der Waals surface area contributed by atoms with E-state index in [0.29, 0.717) is 30.3 Å². The van der Waals surface area contributed by atoms with Crippen LogP contribution in [0.4, 0.5) is 17.1 Å². The lowest BCUT2D eigenvalue weighted by Gasteiger charge is -2.12. The van der Waals surface area contributed by atoms with E-state index in [1.807, 2.05) is 0 Å². The zero-order valence-corrected chi connectivity index (χ0v) is 21.3. The van der Waals surface area contributed by atoms with Crippen LogP contribution in [0.1, 0.15) is 5.56 Å². The Labute approximate surface area is 209 Å². The summed E-state index contributed by atoms with van der Waals surface area (Å²) in [5.41, 5.74) is 2.90. The summed E-state index contributed by atoms with van der Waals surface area (Å²) < 4.78 is 131. The largest absolute Gasteiger partial charge is 0.505 e. The van der Waals surface area contributed by atoms with Gasteiger partial charge in [-0.3, -0.25) is 18.2 Å². The van der Waals surface area contributed by atoms with E-state index >= 15 is 0 Å². The average molecular weight is 598 g/mol. The fourth-order valence-electron chi connectivity index (χ4n) is 3.25. The van der Waals surface area contributed by atoms with Crippen LogP contribution in [0.15, 0.2) is 60.1 Å². The fourth-order valence-corrected chi connectivity index (χ4v) is 5.88. The van der Waals surface area contributed by atoms with E-state index in [9.17, 15) is 57.0 Å². The van der Waals surface area contributed by atoms with Gasteiger partial charge in [0.15, 0.2) is 5.75 Å². The SMILES string of the molecule is Cc1cc(S(=O)(=O)O)c(/N=N\c2c(S(=O)(=O)O)cc3cc(S(=O)(=O)O)cc(N)c3c2O)cc1S(=O)(=O)O. The Kier molecular flexibility index (Phi) is 6.85. The van der Waals surface area contributed by atoms with Crippen molar-refractivity contribution in [2.24, 2.45) is 10.2 Å². The Bertz CT molecular complexity index is 1950. The maximum Gasteiger partial charge on any atom is 0.296 e. The van der Waals surface area contributed by atoms with Crippen LogP contribution in [-0.2, 0) is 40.5 Å². The molecule has 0 heterocycles. The summed E-state index contributed by atoms with van der Waals surface area (Å²) >= 11 is 0. The Hall–Kier alpha value is -3.24. The van der Waals surface area contributed by atoms with Crippen molar-refractivity contribution in [3.63, 3.8) is 0 Å². The van der Waals surface area contributed by atoms with Crippen LogP contribution in [0.5, 0.6) is 5.75 Å². The number of anilines is 1. The summed E-state index contributed by atoms with van der Waals surface area (Å²) in [4.78, 5) is -3.85. The molecule has 200 valence electrons. The monoisotopic (exact) mass is 597 g/mol. The van der Waals surface area contributed by atoms with Crippen molar-refractivity contribution in [1.82, 2.24) is 0 Å². The third-order valence-electron chi connectivity index (χ3n) is 4.80. The van der Waals surface area contributed by atoms with Crippen LogP contribution in [0, 0.1) is 6.92 Å². The number of nitrogen functional groups attached to an aromatic ring is 1. The molecule has 0 saturated heterocycles. The van der Waals surface area contributed by atoms with Gasteiger partial charge in [0.2, 0.25) is 0 Å². The van der Waals surface area contributed by atoms with E-state index in [4.69, 9.17) is 5.73 Å². The van der Waals surface area contributed by atoms with Crippen molar-refractivity contribution in [3.8, 4) is 5.75 Å². The Morgan fingerprint density at radius 1 is 0.676 bits per heavy atom. The van der Waals surface area contributed by atoms with Crippen LogP contribution in [0.3, 0.4) is 0 Å². The number of hydrogen-bond acceptors (Lipinski definition) is 12. The van der Waals surface area contributed by atoms with Crippen LogP contribution in [0.25, 0.3) is 10.8 Å². The molecular formula is C17H15N3O13S4. The average Bonchev–Trinajstić information content (AvgIpc) is 2.70. The first-order valence-corrected chi connectivity index (χ1v) is 14.9. The lowest BCUT2D eigenvalue weighted by atomic mass is 10.1. The molecule has 0 aromatic heterocycles. The van der Waals surface area contributed by atoms with E-state index in [1.165, 1.54) is 0 Å². The summed E-state index contributed by atoms with van der Waals surface area (Å²) in [6.07, 6.45) is 0. The van der Waals surface area contributed by atoms with Gasteiger partial charge in [0.1, 0.15) is 21.2 Å². The Balaban J connectivity index is 2.43. The number of phenols is 1. The molecule has 0 amide bonds. The highest BCUT2D eigenvalue weighted by Gasteiger charge is 2.26.